The van der Waals surface area contributed by atoms with E-state index >= 15 is 0 Å². The van der Waals surface area contributed by atoms with Gasteiger partial charge in [-0.05, 0) is 36.4 Å². The van der Waals surface area contributed by atoms with Gasteiger partial charge >= 0.3 is 0 Å². The molecule has 0 bridgehead atoms. The van der Waals surface area contributed by atoms with Gasteiger partial charge in [-0.3, -0.25) is 5.43 Å². The fourth-order valence-electron chi connectivity index (χ4n) is 1.95. The lowest BCUT2D eigenvalue weighted by Gasteiger charge is -2.05. The highest BCUT2D eigenvalue weighted by Crippen LogP contribution is 2.23. The minimum absolute atomic E-state index is 0.230. The highest BCUT2D eigenvalue weighted by atomic mass is 32.1. The van der Waals surface area contributed by atoms with Crippen LogP contribution in [0.1, 0.15) is 5.01 Å². The summed E-state index contributed by atoms with van der Waals surface area (Å²) in [7, 11) is 0. The molecule has 0 radical (unpaired) electrons. The summed E-state index contributed by atoms with van der Waals surface area (Å²) >= 11 is 1.61. The van der Waals surface area contributed by atoms with Gasteiger partial charge in [0.1, 0.15) is 29.5 Å². The van der Waals surface area contributed by atoms with Crippen LogP contribution in [0.2, 0.25) is 0 Å². The number of thiazole rings is 1. The first-order valence-electron chi connectivity index (χ1n) is 6.99. The molecule has 0 saturated heterocycles. The number of benzene rings is 2. The van der Waals surface area contributed by atoms with E-state index < -0.39 is 0 Å². The van der Waals surface area contributed by atoms with E-state index in [2.05, 4.69) is 15.5 Å². The van der Waals surface area contributed by atoms with Crippen molar-refractivity contribution in [3.8, 4) is 17.9 Å². The van der Waals surface area contributed by atoms with Crippen molar-refractivity contribution < 1.29 is 4.74 Å². The molecule has 0 unspecified atom stereocenters. The van der Waals surface area contributed by atoms with E-state index in [0.29, 0.717) is 18.0 Å². The normalized spacial score (nSPS) is 9.75. The van der Waals surface area contributed by atoms with Gasteiger partial charge in [0, 0.05) is 0 Å². The Morgan fingerprint density at radius 1 is 1.12 bits per heavy atom. The molecule has 0 aliphatic heterocycles. The van der Waals surface area contributed by atoms with E-state index in [4.69, 9.17) is 15.3 Å². The van der Waals surface area contributed by atoms with E-state index in [1.165, 1.54) is 0 Å². The zero-order chi connectivity index (χ0) is 16.8. The molecule has 1 N–H and O–H groups in total. The van der Waals surface area contributed by atoms with Crippen molar-refractivity contribution in [1.82, 2.24) is 4.98 Å². The molecule has 3 aromatic rings. The van der Waals surface area contributed by atoms with Crippen molar-refractivity contribution in [2.45, 2.75) is 6.61 Å². The molecule has 116 valence electrons. The highest BCUT2D eigenvalue weighted by Gasteiger charge is 2.04. The van der Waals surface area contributed by atoms with Gasteiger partial charge in [-0.15, -0.1) is 11.3 Å². The smallest absolute Gasteiger partial charge is 0.237 e. The van der Waals surface area contributed by atoms with Gasteiger partial charge in [0.05, 0.1) is 15.9 Å². The number of hydrogen-bond acceptors (Lipinski definition) is 7. The third-order valence-corrected chi connectivity index (χ3v) is 4.07. The van der Waals surface area contributed by atoms with E-state index in [-0.39, 0.29) is 5.71 Å². The van der Waals surface area contributed by atoms with Crippen molar-refractivity contribution in [2.24, 2.45) is 5.10 Å². The minimum Gasteiger partial charge on any atom is -0.486 e. The fourth-order valence-corrected chi connectivity index (χ4v) is 2.83. The number of para-hydroxylation sites is 1. The van der Waals surface area contributed by atoms with Crippen LogP contribution in [-0.4, -0.2) is 10.7 Å². The number of hydrazone groups is 1. The van der Waals surface area contributed by atoms with Gasteiger partial charge in [0.2, 0.25) is 5.71 Å². The van der Waals surface area contributed by atoms with Crippen molar-refractivity contribution in [3.05, 3.63) is 53.5 Å². The largest absolute Gasteiger partial charge is 0.486 e. The summed E-state index contributed by atoms with van der Waals surface area (Å²) in [4.78, 5) is 4.52. The van der Waals surface area contributed by atoms with Crippen LogP contribution in [0, 0.1) is 22.7 Å². The Kier molecular flexibility index (Phi) is 4.66. The molecule has 0 aliphatic rings. The molecule has 24 heavy (non-hydrogen) atoms. The maximum absolute atomic E-state index is 8.61. The number of rotatable bonds is 5. The molecule has 0 saturated carbocycles. The summed E-state index contributed by atoms with van der Waals surface area (Å²) in [5.74, 6) is 0.699. The highest BCUT2D eigenvalue weighted by molar-refractivity contribution is 7.18. The van der Waals surface area contributed by atoms with E-state index in [9.17, 15) is 0 Å². The fraction of sp³-hybridized carbons (Fsp3) is 0.0588. The summed E-state index contributed by atoms with van der Waals surface area (Å²) in [6, 6.07) is 18.4. The van der Waals surface area contributed by atoms with Crippen LogP contribution < -0.4 is 10.2 Å². The Morgan fingerprint density at radius 2 is 1.88 bits per heavy atom. The number of nitrogens with zero attached hydrogens (tertiary/aromatic N) is 4. The van der Waals surface area contributed by atoms with Crippen LogP contribution >= 0.6 is 11.3 Å². The summed E-state index contributed by atoms with van der Waals surface area (Å²) in [5, 5.41) is 21.8. The van der Waals surface area contributed by atoms with E-state index in [1.807, 2.05) is 24.3 Å². The zero-order valence-corrected chi connectivity index (χ0v) is 13.2. The molecule has 0 fully saturated rings. The Morgan fingerprint density at radius 3 is 2.58 bits per heavy atom. The Bertz CT molecular complexity index is 914. The summed E-state index contributed by atoms with van der Waals surface area (Å²) in [5.41, 5.74) is 4.05. The molecule has 1 aromatic heterocycles. The first-order chi connectivity index (χ1) is 11.8. The minimum atomic E-state index is -0.230. The molecule has 6 nitrogen and oxygen atoms in total. The van der Waals surface area contributed by atoms with Crippen LogP contribution in [0.4, 0.5) is 5.69 Å². The third-order valence-electron chi connectivity index (χ3n) is 3.06. The molecule has 0 spiro atoms. The number of ether oxygens (including phenoxy) is 1. The lowest BCUT2D eigenvalue weighted by atomic mass is 10.3. The quantitative estimate of drug-likeness (QED) is 0.567. The van der Waals surface area contributed by atoms with Gasteiger partial charge in [-0.2, -0.15) is 15.6 Å². The number of anilines is 1. The Balaban J connectivity index is 1.61. The molecule has 7 heteroatoms. The van der Waals surface area contributed by atoms with E-state index in [1.54, 1.807) is 47.7 Å². The summed E-state index contributed by atoms with van der Waals surface area (Å²) < 4.78 is 6.86. The van der Waals surface area contributed by atoms with Gasteiger partial charge < -0.3 is 4.74 Å². The number of hydrogen-bond donors (Lipinski definition) is 1. The second kappa shape index (κ2) is 7.23. The number of fused-ring (bicyclic) bond motifs is 1. The van der Waals surface area contributed by atoms with Crippen LogP contribution in [0.25, 0.3) is 10.2 Å². The predicted octanol–water partition coefficient (Wildman–Crippen LogP) is 3.69. The van der Waals surface area contributed by atoms with Crippen molar-refractivity contribution in [2.75, 3.05) is 5.43 Å². The second-order valence-electron chi connectivity index (χ2n) is 4.68. The van der Waals surface area contributed by atoms with Crippen LogP contribution in [0.3, 0.4) is 0 Å². The average Bonchev–Trinajstić information content (AvgIpc) is 3.05. The summed E-state index contributed by atoms with van der Waals surface area (Å²) in [6.45, 7) is 0.400. The first-order valence-corrected chi connectivity index (χ1v) is 7.81. The standard InChI is InChI=1S/C17H11N5OS/c18-9-13(10-19)22-21-12-5-7-14(8-6-12)23-11-17-20-15-3-1-2-4-16(15)24-17/h1-8,21H,11H2. The number of nitriles is 2. The molecule has 3 rings (SSSR count). The molecular formula is C17H11N5OS. The maximum Gasteiger partial charge on any atom is 0.237 e. The first kappa shape index (κ1) is 15.5. The lowest BCUT2D eigenvalue weighted by molar-refractivity contribution is 0.306. The maximum atomic E-state index is 8.61. The molecular weight excluding hydrogens is 322 g/mol. The van der Waals surface area contributed by atoms with E-state index in [0.717, 1.165) is 15.2 Å². The van der Waals surface area contributed by atoms with Crippen LogP contribution in [0.15, 0.2) is 53.6 Å². The van der Waals surface area contributed by atoms with Crippen LogP contribution in [-0.2, 0) is 6.61 Å². The Labute approximate surface area is 142 Å². The molecule has 0 atom stereocenters. The molecule has 0 aliphatic carbocycles. The van der Waals surface area contributed by atoms with Gasteiger partial charge in [-0.1, -0.05) is 12.1 Å². The lowest BCUT2D eigenvalue weighted by Crippen LogP contribution is -1.97. The van der Waals surface area contributed by atoms with Crippen LogP contribution in [0.5, 0.6) is 5.75 Å². The zero-order valence-electron chi connectivity index (χ0n) is 12.4. The monoisotopic (exact) mass is 333 g/mol. The van der Waals surface area contributed by atoms with Gasteiger partial charge in [0.25, 0.3) is 0 Å². The third kappa shape index (κ3) is 3.67. The molecule has 2 aromatic carbocycles. The predicted molar refractivity (Wildman–Crippen MR) is 92.7 cm³/mol. The Hall–Kier alpha value is -3.42. The van der Waals surface area contributed by atoms with Crippen molar-refractivity contribution in [3.63, 3.8) is 0 Å². The second-order valence-corrected chi connectivity index (χ2v) is 5.80. The average molecular weight is 333 g/mol. The number of nitrogens with one attached hydrogen (secondary N) is 1. The topological polar surface area (TPSA) is 94.1 Å². The van der Waals surface area contributed by atoms with Gasteiger partial charge in [-0.25, -0.2) is 4.98 Å². The molecule has 1 heterocycles. The van der Waals surface area contributed by atoms with Crippen molar-refractivity contribution in [1.29, 1.82) is 10.5 Å². The SMILES string of the molecule is N#CC(C#N)=NNc1ccc(OCc2nc3ccccc3s2)cc1. The molecule has 0 amide bonds. The van der Waals surface area contributed by atoms with Crippen molar-refractivity contribution >= 4 is 33.0 Å². The summed E-state index contributed by atoms with van der Waals surface area (Å²) in [6.07, 6.45) is 0. The number of aromatic nitrogens is 1. The van der Waals surface area contributed by atoms with Gasteiger partial charge in [0.15, 0.2) is 0 Å².